The zero-order valence-corrected chi connectivity index (χ0v) is 52.4. The molecule has 8 rings (SSSR count). The second-order valence-electron chi connectivity index (χ2n) is 30.9. The number of hydrogen-bond donors (Lipinski definition) is 2. The second kappa shape index (κ2) is 24.7. The van der Waals surface area contributed by atoms with Gasteiger partial charge in [-0.15, -0.1) is 0 Å². The summed E-state index contributed by atoms with van der Waals surface area (Å²) in [6, 6.07) is 0. The molecule has 0 aromatic carbocycles. The van der Waals surface area contributed by atoms with Gasteiger partial charge in [0.05, 0.1) is 22.9 Å². The number of aliphatic carboxylic acids is 1. The largest absolute Gasteiger partial charge is 0.481 e. The molecule has 12 nitrogen and oxygen atoms in total. The maximum Gasteiger partial charge on any atom is 0.312 e. The molecule has 0 radical (unpaired) electrons. The third-order valence-electron chi connectivity index (χ3n) is 25.9. The molecule has 2 N–H and O–H groups in total. The topological polar surface area (TPSA) is 172 Å². The van der Waals surface area contributed by atoms with Gasteiger partial charge in [-0.3, -0.25) is 24.0 Å². The molecule has 0 amide bonds. The van der Waals surface area contributed by atoms with E-state index in [9.17, 15) is 29.4 Å². The Kier molecular flexibility index (Phi) is 19.5. The van der Waals surface area contributed by atoms with Gasteiger partial charge in [-0.05, 0) is 282 Å². The number of esters is 4. The minimum atomic E-state index is -1.22. The molecule has 8 fully saturated rings. The highest BCUT2D eigenvalue weighted by Crippen LogP contribution is 2.70. The lowest BCUT2D eigenvalue weighted by Gasteiger charge is -2.61. The molecule has 456 valence electrons. The summed E-state index contributed by atoms with van der Waals surface area (Å²) < 4.78 is 29.9. The van der Waals surface area contributed by atoms with E-state index in [0.29, 0.717) is 90.5 Å². The summed E-state index contributed by atoms with van der Waals surface area (Å²) in [5.74, 6) is 5.04. The van der Waals surface area contributed by atoms with Gasteiger partial charge in [0, 0.05) is 19.4 Å². The Morgan fingerprint density at radius 2 is 1.02 bits per heavy atom. The average molecular weight is 1120 g/mol. The highest BCUT2D eigenvalue weighted by atomic mass is 16.7. The summed E-state index contributed by atoms with van der Waals surface area (Å²) in [4.78, 5) is 68.0. The lowest BCUT2D eigenvalue weighted by Crippen LogP contribution is -2.55. The molecule has 0 spiro atoms. The number of carbonyl (C=O) groups is 5. The van der Waals surface area contributed by atoms with Crippen LogP contribution in [0, 0.1) is 109 Å². The predicted octanol–water partition coefficient (Wildman–Crippen LogP) is 14.7. The first kappa shape index (κ1) is 63.3. The molecule has 21 atom stereocenters. The predicted molar refractivity (Wildman–Crippen MR) is 309 cm³/mol. The van der Waals surface area contributed by atoms with E-state index in [-0.39, 0.29) is 84.3 Å². The third-order valence-corrected chi connectivity index (χ3v) is 25.9. The summed E-state index contributed by atoms with van der Waals surface area (Å²) >= 11 is 0. The maximum absolute atomic E-state index is 15.2. The van der Waals surface area contributed by atoms with Gasteiger partial charge in [0.1, 0.15) is 18.8 Å². The van der Waals surface area contributed by atoms with Crippen molar-refractivity contribution < 1.29 is 57.9 Å². The molecule has 8 aliphatic carbocycles. The van der Waals surface area contributed by atoms with Crippen molar-refractivity contribution >= 4 is 29.8 Å². The molecule has 0 bridgehead atoms. The van der Waals surface area contributed by atoms with Crippen LogP contribution < -0.4 is 0 Å². The fourth-order valence-electron chi connectivity index (χ4n) is 21.6. The molecule has 0 saturated heterocycles. The molecule has 0 aromatic heterocycles. The van der Waals surface area contributed by atoms with Gasteiger partial charge in [-0.2, -0.15) is 0 Å². The van der Waals surface area contributed by atoms with E-state index < -0.39 is 34.5 Å². The van der Waals surface area contributed by atoms with Crippen molar-refractivity contribution in [3.05, 3.63) is 0 Å². The molecule has 8 saturated carbocycles. The van der Waals surface area contributed by atoms with Crippen LogP contribution in [0.5, 0.6) is 0 Å². The van der Waals surface area contributed by atoms with Crippen molar-refractivity contribution in [2.75, 3.05) is 19.8 Å². The van der Waals surface area contributed by atoms with E-state index >= 15 is 4.79 Å². The van der Waals surface area contributed by atoms with E-state index in [0.717, 1.165) is 64.2 Å². The van der Waals surface area contributed by atoms with Crippen LogP contribution in [0.1, 0.15) is 251 Å². The standard InChI is InChI=1S/C68H112O12/c1-14-63(8,60(74)79-47-28-32-65(10)45(38-47)18-20-50-54-25-23-52(68(54,13)35-31-56(50)65)43(4)17-27-58(72)78-44(5)76-15-2)41-64(9,40-62(6,7)59(73)77-37-36-69)61(75)80-48-29-33-66(11)46(39-48)19-21-49-53-24-22-51(42(3)16-26-57(70)71)67(53,12)34-30-55(49)66/h42-56,69H,14-41H2,1-13H3,(H,70,71). The molecule has 80 heavy (non-hydrogen) atoms. The number of carbonyl (C=O) groups excluding carboxylic acids is 4. The molecular formula is C68H112O12. The van der Waals surface area contributed by atoms with Crippen molar-refractivity contribution in [2.45, 2.75) is 269 Å². The monoisotopic (exact) mass is 1120 g/mol. The minimum absolute atomic E-state index is 0.120. The summed E-state index contributed by atoms with van der Waals surface area (Å²) in [6.07, 6.45) is 22.0. The summed E-state index contributed by atoms with van der Waals surface area (Å²) in [6.45, 7) is 28.1. The quantitative estimate of drug-likeness (QED) is 0.0564. The van der Waals surface area contributed by atoms with Gasteiger partial charge in [0.15, 0.2) is 6.29 Å². The highest BCUT2D eigenvalue weighted by Gasteiger charge is 2.63. The number of carboxylic acids is 1. The van der Waals surface area contributed by atoms with Gasteiger partial charge in [0.25, 0.3) is 0 Å². The number of fused-ring (bicyclic) bond motifs is 10. The van der Waals surface area contributed by atoms with E-state index in [1.54, 1.807) is 20.8 Å². The fraction of sp³-hybridized carbons (Fsp3) is 0.926. The van der Waals surface area contributed by atoms with E-state index in [4.69, 9.17) is 23.7 Å². The molecule has 0 heterocycles. The zero-order chi connectivity index (χ0) is 58.4. The smallest absolute Gasteiger partial charge is 0.312 e. The highest BCUT2D eigenvalue weighted by molar-refractivity contribution is 5.83. The van der Waals surface area contributed by atoms with Crippen LogP contribution in [-0.2, 0) is 47.7 Å². The maximum atomic E-state index is 15.2. The molecule has 0 aromatic rings. The molecule has 0 aliphatic heterocycles. The second-order valence-corrected chi connectivity index (χ2v) is 30.9. The van der Waals surface area contributed by atoms with E-state index in [2.05, 4.69) is 41.5 Å². The van der Waals surface area contributed by atoms with Crippen LogP contribution in [0.25, 0.3) is 0 Å². The van der Waals surface area contributed by atoms with Crippen molar-refractivity contribution in [3.63, 3.8) is 0 Å². The number of aliphatic hydroxyl groups is 1. The molecule has 21 unspecified atom stereocenters. The van der Waals surface area contributed by atoms with Gasteiger partial charge in [-0.1, -0.05) is 48.5 Å². The Morgan fingerprint density at radius 3 is 1.49 bits per heavy atom. The van der Waals surface area contributed by atoms with Crippen molar-refractivity contribution in [3.8, 4) is 0 Å². The molecule has 12 heteroatoms. The van der Waals surface area contributed by atoms with Crippen LogP contribution in [0.4, 0.5) is 0 Å². The third kappa shape index (κ3) is 12.4. The fourth-order valence-corrected chi connectivity index (χ4v) is 21.6. The van der Waals surface area contributed by atoms with Crippen LogP contribution in [0.3, 0.4) is 0 Å². The number of carboxylic acid groups (broad SMARTS) is 1. The first-order valence-electron chi connectivity index (χ1n) is 32.8. The van der Waals surface area contributed by atoms with Crippen molar-refractivity contribution in [1.29, 1.82) is 0 Å². The van der Waals surface area contributed by atoms with E-state index in [1.807, 2.05) is 27.7 Å². The van der Waals surface area contributed by atoms with Crippen molar-refractivity contribution in [1.82, 2.24) is 0 Å². The van der Waals surface area contributed by atoms with Gasteiger partial charge in [-0.25, -0.2) is 0 Å². The Labute approximate surface area is 483 Å². The van der Waals surface area contributed by atoms with Crippen LogP contribution in [-0.4, -0.2) is 78.4 Å². The lowest BCUT2D eigenvalue weighted by molar-refractivity contribution is -0.183. The minimum Gasteiger partial charge on any atom is -0.481 e. The van der Waals surface area contributed by atoms with Crippen LogP contribution in [0.2, 0.25) is 0 Å². The average Bonchev–Trinajstić information content (AvgIpc) is 4.02. The Balaban J connectivity index is 0.898. The number of aliphatic hydroxyl groups excluding tert-OH is 1. The Bertz CT molecular complexity index is 2190. The van der Waals surface area contributed by atoms with E-state index in [1.165, 1.54) is 64.2 Å². The first-order valence-corrected chi connectivity index (χ1v) is 32.8. The zero-order valence-electron chi connectivity index (χ0n) is 52.4. The van der Waals surface area contributed by atoms with Gasteiger partial charge >= 0.3 is 29.8 Å². The summed E-state index contributed by atoms with van der Waals surface area (Å²) in [5, 5.41) is 19.0. The number of ether oxygens (including phenoxy) is 5. The summed E-state index contributed by atoms with van der Waals surface area (Å²) in [5.41, 5.74) is -2.43. The Morgan fingerprint density at radius 1 is 0.562 bits per heavy atom. The molecule has 8 aliphatic rings. The Hall–Kier alpha value is -2.73. The summed E-state index contributed by atoms with van der Waals surface area (Å²) in [7, 11) is 0. The van der Waals surface area contributed by atoms with Crippen molar-refractivity contribution in [2.24, 2.45) is 109 Å². The normalized spacial score (nSPS) is 40.1. The SMILES string of the molecule is CCOC(C)OC(=O)CCC(C)C1CCC2C3CCC4CC(OC(=O)C(C)(CC)CC(C)(CC(C)(C)C(=O)OCCO)C(=O)OC5CCC6(C)C(CCC7C6CCC6(C)C(C(C)CCC(=O)O)CCC76)C5)CCC4(C)C3CCC12C. The number of hydrogen-bond acceptors (Lipinski definition) is 11. The van der Waals surface area contributed by atoms with Crippen LogP contribution in [0.15, 0.2) is 0 Å². The molecular weight excluding hydrogens is 1010 g/mol. The van der Waals surface area contributed by atoms with Gasteiger partial charge < -0.3 is 33.9 Å². The van der Waals surface area contributed by atoms with Gasteiger partial charge in [0.2, 0.25) is 0 Å². The lowest BCUT2D eigenvalue weighted by atomic mass is 9.44. The first-order chi connectivity index (χ1) is 37.6. The number of rotatable bonds is 23. The van der Waals surface area contributed by atoms with Crippen LogP contribution >= 0.6 is 0 Å².